The lowest BCUT2D eigenvalue weighted by Crippen LogP contribution is -2.17. The Kier molecular flexibility index (Phi) is 3.95. The lowest BCUT2D eigenvalue weighted by molar-refractivity contribution is -0.117. The van der Waals surface area contributed by atoms with Crippen molar-refractivity contribution in [2.24, 2.45) is 0 Å². The highest BCUT2D eigenvalue weighted by molar-refractivity contribution is 14.1. The van der Waals surface area contributed by atoms with E-state index in [4.69, 9.17) is 0 Å². The SMILES string of the molecule is CC(=O)N/C(=C\I)c1ccccc1. The van der Waals surface area contributed by atoms with Crippen molar-refractivity contribution >= 4 is 34.2 Å². The van der Waals surface area contributed by atoms with E-state index in [0.717, 1.165) is 11.3 Å². The summed E-state index contributed by atoms with van der Waals surface area (Å²) in [7, 11) is 0. The maximum atomic E-state index is 10.8. The normalized spacial score (nSPS) is 11.1. The van der Waals surface area contributed by atoms with Crippen LogP contribution in [0.1, 0.15) is 12.5 Å². The molecule has 0 unspecified atom stereocenters. The number of rotatable bonds is 2. The third-order valence-corrected chi connectivity index (χ3v) is 2.13. The minimum atomic E-state index is -0.0493. The number of amides is 1. The van der Waals surface area contributed by atoms with Crippen molar-refractivity contribution < 1.29 is 4.79 Å². The van der Waals surface area contributed by atoms with E-state index in [1.165, 1.54) is 6.92 Å². The standard InChI is InChI=1S/C10H10INO/c1-8(13)12-10(7-11)9-5-3-2-4-6-9/h2-7H,1H3,(H,12,13)/b10-7-. The molecule has 2 nitrogen and oxygen atoms in total. The molecular formula is C10H10INO. The van der Waals surface area contributed by atoms with Gasteiger partial charge in [0, 0.05) is 11.0 Å². The number of halogens is 1. The zero-order valence-electron chi connectivity index (χ0n) is 7.25. The summed E-state index contributed by atoms with van der Waals surface area (Å²) in [4.78, 5) is 10.8. The van der Waals surface area contributed by atoms with Crippen LogP contribution in [0.25, 0.3) is 5.70 Å². The molecule has 1 N–H and O–H groups in total. The van der Waals surface area contributed by atoms with Gasteiger partial charge in [-0.15, -0.1) is 0 Å². The summed E-state index contributed by atoms with van der Waals surface area (Å²) in [5.74, 6) is -0.0493. The number of hydrogen-bond donors (Lipinski definition) is 1. The number of hydrogen-bond acceptors (Lipinski definition) is 1. The second-order valence-electron chi connectivity index (χ2n) is 2.57. The van der Waals surface area contributed by atoms with Crippen LogP contribution in [0.15, 0.2) is 34.4 Å². The molecule has 0 heterocycles. The molecule has 0 saturated carbocycles. The third-order valence-electron chi connectivity index (χ3n) is 1.50. The molecule has 1 rings (SSSR count). The topological polar surface area (TPSA) is 29.1 Å². The molecule has 0 aliphatic carbocycles. The van der Waals surface area contributed by atoms with Crippen molar-refractivity contribution in [3.05, 3.63) is 40.0 Å². The second kappa shape index (κ2) is 5.01. The summed E-state index contributed by atoms with van der Waals surface area (Å²) in [5, 5.41) is 2.76. The van der Waals surface area contributed by atoms with Crippen molar-refractivity contribution in [3.63, 3.8) is 0 Å². The van der Waals surface area contributed by atoms with Crippen LogP contribution < -0.4 is 5.32 Å². The van der Waals surface area contributed by atoms with E-state index >= 15 is 0 Å². The first-order chi connectivity index (χ1) is 6.24. The van der Waals surface area contributed by atoms with E-state index in [1.54, 1.807) is 0 Å². The van der Waals surface area contributed by atoms with Gasteiger partial charge in [0.2, 0.25) is 5.91 Å². The fourth-order valence-corrected chi connectivity index (χ4v) is 1.49. The number of carbonyl (C=O) groups is 1. The van der Waals surface area contributed by atoms with Gasteiger partial charge in [0.1, 0.15) is 0 Å². The zero-order valence-corrected chi connectivity index (χ0v) is 9.41. The van der Waals surface area contributed by atoms with Crippen molar-refractivity contribution in [1.29, 1.82) is 0 Å². The molecule has 0 spiro atoms. The highest BCUT2D eigenvalue weighted by Crippen LogP contribution is 2.12. The Bertz CT molecular complexity index is 319. The number of carbonyl (C=O) groups excluding carboxylic acids is 1. The van der Waals surface area contributed by atoms with Crippen LogP contribution in [0.2, 0.25) is 0 Å². The maximum Gasteiger partial charge on any atom is 0.221 e. The van der Waals surface area contributed by atoms with Crippen LogP contribution in [0.4, 0.5) is 0 Å². The summed E-state index contributed by atoms with van der Waals surface area (Å²) >= 11 is 2.11. The molecule has 68 valence electrons. The quantitative estimate of drug-likeness (QED) is 0.832. The lowest BCUT2D eigenvalue weighted by Gasteiger charge is -2.06. The molecule has 13 heavy (non-hydrogen) atoms. The summed E-state index contributed by atoms with van der Waals surface area (Å²) in [5.41, 5.74) is 1.86. The predicted molar refractivity (Wildman–Crippen MR) is 62.3 cm³/mol. The molecule has 1 aromatic carbocycles. The third kappa shape index (κ3) is 3.18. The summed E-state index contributed by atoms with van der Waals surface area (Å²) in [6.45, 7) is 1.50. The fraction of sp³-hybridized carbons (Fsp3) is 0.100. The average Bonchev–Trinajstić information content (AvgIpc) is 2.15. The molecule has 0 aromatic heterocycles. The molecule has 1 aromatic rings. The Hall–Kier alpha value is -0.840. The Morgan fingerprint density at radius 1 is 1.38 bits per heavy atom. The minimum absolute atomic E-state index is 0.0493. The lowest BCUT2D eigenvalue weighted by atomic mass is 10.2. The van der Waals surface area contributed by atoms with Crippen LogP contribution in [-0.2, 0) is 4.79 Å². The predicted octanol–water partition coefficient (Wildman–Crippen LogP) is 2.56. The van der Waals surface area contributed by atoms with Crippen molar-refractivity contribution in [3.8, 4) is 0 Å². The van der Waals surface area contributed by atoms with Crippen LogP contribution in [0, 0.1) is 0 Å². The van der Waals surface area contributed by atoms with Crippen molar-refractivity contribution in [2.45, 2.75) is 6.92 Å². The summed E-state index contributed by atoms with van der Waals surface area (Å²) < 4.78 is 1.86. The van der Waals surface area contributed by atoms with Gasteiger partial charge in [-0.05, 0) is 5.56 Å². The first kappa shape index (κ1) is 10.2. The van der Waals surface area contributed by atoms with Crippen LogP contribution in [0.3, 0.4) is 0 Å². The number of benzene rings is 1. The van der Waals surface area contributed by atoms with E-state index in [0.29, 0.717) is 0 Å². The van der Waals surface area contributed by atoms with E-state index in [1.807, 2.05) is 34.4 Å². The summed E-state index contributed by atoms with van der Waals surface area (Å²) in [6.07, 6.45) is 0. The molecule has 0 aliphatic rings. The molecular weight excluding hydrogens is 277 g/mol. The van der Waals surface area contributed by atoms with Crippen LogP contribution in [0.5, 0.6) is 0 Å². The van der Waals surface area contributed by atoms with Crippen molar-refractivity contribution in [1.82, 2.24) is 5.32 Å². The smallest absolute Gasteiger partial charge is 0.221 e. The van der Waals surface area contributed by atoms with Gasteiger partial charge >= 0.3 is 0 Å². The van der Waals surface area contributed by atoms with Gasteiger partial charge in [-0.25, -0.2) is 0 Å². The van der Waals surface area contributed by atoms with Crippen molar-refractivity contribution in [2.75, 3.05) is 0 Å². The molecule has 3 heteroatoms. The van der Waals surface area contributed by atoms with E-state index < -0.39 is 0 Å². The first-order valence-corrected chi connectivity index (χ1v) is 5.12. The van der Waals surface area contributed by atoms with Crippen LogP contribution >= 0.6 is 22.6 Å². The second-order valence-corrected chi connectivity index (χ2v) is 3.19. The maximum absolute atomic E-state index is 10.8. The minimum Gasteiger partial charge on any atom is -0.325 e. The molecule has 0 bridgehead atoms. The Balaban J connectivity index is 2.86. The van der Waals surface area contributed by atoms with Gasteiger partial charge in [-0.2, -0.15) is 0 Å². The Morgan fingerprint density at radius 3 is 2.46 bits per heavy atom. The first-order valence-electron chi connectivity index (χ1n) is 3.87. The molecule has 0 aliphatic heterocycles. The van der Waals surface area contributed by atoms with Gasteiger partial charge < -0.3 is 5.32 Å². The van der Waals surface area contributed by atoms with E-state index in [-0.39, 0.29) is 5.91 Å². The fourth-order valence-electron chi connectivity index (χ4n) is 0.970. The van der Waals surface area contributed by atoms with Gasteiger partial charge in [0.05, 0.1) is 5.70 Å². The Morgan fingerprint density at radius 2 is 2.00 bits per heavy atom. The largest absolute Gasteiger partial charge is 0.325 e. The Labute approximate surface area is 91.2 Å². The molecule has 0 radical (unpaired) electrons. The van der Waals surface area contributed by atoms with E-state index in [9.17, 15) is 4.79 Å². The van der Waals surface area contributed by atoms with Gasteiger partial charge in [0.15, 0.2) is 0 Å². The highest BCUT2D eigenvalue weighted by atomic mass is 127. The van der Waals surface area contributed by atoms with Gasteiger partial charge in [-0.3, -0.25) is 4.79 Å². The zero-order chi connectivity index (χ0) is 9.68. The summed E-state index contributed by atoms with van der Waals surface area (Å²) in [6, 6.07) is 9.75. The van der Waals surface area contributed by atoms with Gasteiger partial charge in [-0.1, -0.05) is 52.9 Å². The van der Waals surface area contributed by atoms with Crippen LogP contribution in [-0.4, -0.2) is 5.91 Å². The number of nitrogens with one attached hydrogen (secondary N) is 1. The van der Waals surface area contributed by atoms with Gasteiger partial charge in [0.25, 0.3) is 0 Å². The average molecular weight is 287 g/mol. The molecule has 0 atom stereocenters. The van der Waals surface area contributed by atoms with E-state index in [2.05, 4.69) is 27.9 Å². The highest BCUT2D eigenvalue weighted by Gasteiger charge is 2.00. The monoisotopic (exact) mass is 287 g/mol. The molecule has 0 saturated heterocycles. The molecule has 1 amide bonds. The molecule has 0 fully saturated rings.